The van der Waals surface area contributed by atoms with Gasteiger partial charge < -0.3 is 5.11 Å². The molecule has 1 aliphatic carbocycles. The largest absolute Gasteiger partial charge is 0.478 e. The van der Waals surface area contributed by atoms with Crippen molar-refractivity contribution in [3.05, 3.63) is 23.8 Å². The molecule has 116 valence electrons. The van der Waals surface area contributed by atoms with Crippen LogP contribution in [-0.4, -0.2) is 35.2 Å². The molecule has 0 radical (unpaired) electrons. The van der Waals surface area contributed by atoms with E-state index in [0.717, 1.165) is 25.2 Å². The smallest absolute Gasteiger partial charge is 0.338 e. The third kappa shape index (κ3) is 5.05. The second kappa shape index (κ2) is 6.95. The van der Waals surface area contributed by atoms with E-state index in [4.69, 9.17) is 5.11 Å². The van der Waals surface area contributed by atoms with Crippen molar-refractivity contribution in [1.29, 1.82) is 0 Å². The van der Waals surface area contributed by atoms with Gasteiger partial charge in [0.15, 0.2) is 0 Å². The number of nitrogens with one attached hydrogen (secondary N) is 1. The summed E-state index contributed by atoms with van der Waals surface area (Å²) in [7, 11) is -3.34. The molecule has 8 heteroatoms. The zero-order valence-corrected chi connectivity index (χ0v) is 12.5. The Labute approximate surface area is 123 Å². The Morgan fingerprint density at radius 3 is 2.48 bits per heavy atom. The predicted octanol–water partition coefficient (Wildman–Crippen LogP) is 1.17. The molecule has 0 aromatic carbocycles. The molecule has 21 heavy (non-hydrogen) atoms. The molecule has 1 aromatic rings. The highest BCUT2D eigenvalue weighted by Gasteiger charge is 2.19. The van der Waals surface area contributed by atoms with Crippen LogP contribution in [0, 0.1) is 5.92 Å². The van der Waals surface area contributed by atoms with Crippen LogP contribution >= 0.6 is 0 Å². The summed E-state index contributed by atoms with van der Waals surface area (Å²) in [4.78, 5) is 18.3. The van der Waals surface area contributed by atoms with E-state index >= 15 is 0 Å². The van der Waals surface area contributed by atoms with Crippen molar-refractivity contribution in [2.45, 2.75) is 38.6 Å². The number of hydrogen-bond donors (Lipinski definition) is 2. The summed E-state index contributed by atoms with van der Waals surface area (Å²) in [5, 5.41) is 8.72. The highest BCUT2D eigenvalue weighted by Crippen LogP contribution is 2.27. The molecule has 7 nitrogen and oxygen atoms in total. The van der Waals surface area contributed by atoms with Crippen LogP contribution in [0.15, 0.2) is 12.4 Å². The molecule has 0 saturated heterocycles. The molecule has 1 heterocycles. The number of carboxylic acid groups (broad SMARTS) is 1. The highest BCUT2D eigenvalue weighted by molar-refractivity contribution is 7.89. The Morgan fingerprint density at radius 1 is 1.29 bits per heavy atom. The lowest BCUT2D eigenvalue weighted by atomic mass is 10.1. The minimum absolute atomic E-state index is 0.0209. The maximum Gasteiger partial charge on any atom is 0.338 e. The Hall–Kier alpha value is -1.54. The third-order valence-corrected chi connectivity index (χ3v) is 5.03. The third-order valence-electron chi connectivity index (χ3n) is 3.67. The van der Waals surface area contributed by atoms with E-state index in [2.05, 4.69) is 14.7 Å². The summed E-state index contributed by atoms with van der Waals surface area (Å²) >= 11 is 0. The first-order valence-corrected chi connectivity index (χ1v) is 8.63. The van der Waals surface area contributed by atoms with Crippen molar-refractivity contribution in [3.8, 4) is 0 Å². The van der Waals surface area contributed by atoms with Crippen LogP contribution in [-0.2, 0) is 16.6 Å². The van der Waals surface area contributed by atoms with Crippen molar-refractivity contribution in [1.82, 2.24) is 14.7 Å². The van der Waals surface area contributed by atoms with Gasteiger partial charge in [0.1, 0.15) is 5.82 Å². The average Bonchev–Trinajstić information content (AvgIpc) is 2.97. The van der Waals surface area contributed by atoms with Gasteiger partial charge in [-0.25, -0.2) is 27.9 Å². The fourth-order valence-corrected chi connectivity index (χ4v) is 3.56. The molecule has 2 rings (SSSR count). The van der Waals surface area contributed by atoms with Crippen LogP contribution in [0.5, 0.6) is 0 Å². The van der Waals surface area contributed by atoms with Gasteiger partial charge in [0.2, 0.25) is 10.0 Å². The standard InChI is InChI=1S/C13H19N3O4S/c17-13(18)11-7-14-12(15-8-11)9-16-21(19,20)6-5-10-3-1-2-4-10/h7-8,10,16H,1-6,9H2,(H,17,18). The summed E-state index contributed by atoms with van der Waals surface area (Å²) in [5.41, 5.74) is -0.0251. The molecule has 1 saturated carbocycles. The fourth-order valence-electron chi connectivity index (χ4n) is 2.42. The van der Waals surface area contributed by atoms with Crippen molar-refractivity contribution >= 4 is 16.0 Å². The van der Waals surface area contributed by atoms with Crippen LogP contribution in [0.3, 0.4) is 0 Å². The number of carbonyl (C=O) groups is 1. The molecule has 2 N–H and O–H groups in total. The van der Waals surface area contributed by atoms with Gasteiger partial charge in [0.05, 0.1) is 17.9 Å². The van der Waals surface area contributed by atoms with Crippen molar-refractivity contribution in [2.24, 2.45) is 5.92 Å². The Morgan fingerprint density at radius 2 is 1.90 bits per heavy atom. The Kier molecular flexibility index (Phi) is 5.24. The van der Waals surface area contributed by atoms with Gasteiger partial charge in [-0.2, -0.15) is 0 Å². The first kappa shape index (κ1) is 15.8. The van der Waals surface area contributed by atoms with E-state index in [-0.39, 0.29) is 23.7 Å². The van der Waals surface area contributed by atoms with Gasteiger partial charge in [-0.3, -0.25) is 0 Å². The number of hydrogen-bond acceptors (Lipinski definition) is 5. The van der Waals surface area contributed by atoms with Crippen LogP contribution in [0.4, 0.5) is 0 Å². The molecule has 1 aromatic heterocycles. The number of aromatic carboxylic acids is 1. The maximum absolute atomic E-state index is 11.9. The quantitative estimate of drug-likeness (QED) is 0.782. The number of rotatable bonds is 7. The first-order chi connectivity index (χ1) is 9.96. The Balaban J connectivity index is 1.81. The van der Waals surface area contributed by atoms with Gasteiger partial charge in [0, 0.05) is 12.4 Å². The summed E-state index contributed by atoms with van der Waals surface area (Å²) in [5.74, 6) is -0.221. The zero-order chi connectivity index (χ0) is 15.3. The summed E-state index contributed by atoms with van der Waals surface area (Å²) < 4.78 is 26.2. The van der Waals surface area contributed by atoms with Crippen LogP contribution in [0.1, 0.15) is 48.3 Å². The van der Waals surface area contributed by atoms with Crippen molar-refractivity contribution in [2.75, 3.05) is 5.75 Å². The van der Waals surface area contributed by atoms with E-state index in [0.29, 0.717) is 12.3 Å². The van der Waals surface area contributed by atoms with Crippen molar-refractivity contribution < 1.29 is 18.3 Å². The van der Waals surface area contributed by atoms with E-state index < -0.39 is 16.0 Å². The number of carboxylic acids is 1. The molecule has 0 aliphatic heterocycles. The fraction of sp³-hybridized carbons (Fsp3) is 0.615. The maximum atomic E-state index is 11.9. The zero-order valence-electron chi connectivity index (χ0n) is 11.7. The highest BCUT2D eigenvalue weighted by atomic mass is 32.2. The van der Waals surface area contributed by atoms with Gasteiger partial charge >= 0.3 is 5.97 Å². The van der Waals surface area contributed by atoms with Crippen molar-refractivity contribution in [3.63, 3.8) is 0 Å². The monoisotopic (exact) mass is 313 g/mol. The molecule has 1 fully saturated rings. The SMILES string of the molecule is O=C(O)c1cnc(CNS(=O)(=O)CCC2CCCC2)nc1. The minimum atomic E-state index is -3.34. The van der Waals surface area contributed by atoms with E-state index in [1.54, 1.807) is 0 Å². The lowest BCUT2D eigenvalue weighted by molar-refractivity contribution is 0.0696. The van der Waals surface area contributed by atoms with Gasteiger partial charge in [-0.1, -0.05) is 25.7 Å². The van der Waals surface area contributed by atoms with E-state index in [9.17, 15) is 13.2 Å². The number of sulfonamides is 1. The topological polar surface area (TPSA) is 109 Å². The number of nitrogens with zero attached hydrogens (tertiary/aromatic N) is 2. The normalized spacial score (nSPS) is 16.2. The van der Waals surface area contributed by atoms with Crippen LogP contribution < -0.4 is 4.72 Å². The molecule has 0 amide bonds. The molecule has 1 aliphatic rings. The summed E-state index contributed by atoms with van der Waals surface area (Å²) in [6.45, 7) is -0.0209. The van der Waals surface area contributed by atoms with Gasteiger partial charge in [0.25, 0.3) is 0 Å². The minimum Gasteiger partial charge on any atom is -0.478 e. The predicted molar refractivity (Wildman–Crippen MR) is 76.2 cm³/mol. The Bertz CT molecular complexity index is 580. The molecular weight excluding hydrogens is 294 g/mol. The second-order valence-corrected chi connectivity index (χ2v) is 7.20. The van der Waals surface area contributed by atoms with E-state index in [1.165, 1.54) is 12.8 Å². The molecular formula is C13H19N3O4S. The molecule has 0 unspecified atom stereocenters. The molecule has 0 spiro atoms. The average molecular weight is 313 g/mol. The van der Waals surface area contributed by atoms with Crippen LogP contribution in [0.2, 0.25) is 0 Å². The lowest BCUT2D eigenvalue weighted by Crippen LogP contribution is -2.27. The molecule has 0 bridgehead atoms. The molecule has 0 atom stereocenters. The van der Waals surface area contributed by atoms with Crippen LogP contribution in [0.25, 0.3) is 0 Å². The summed E-state index contributed by atoms with van der Waals surface area (Å²) in [6.07, 6.45) is 7.65. The summed E-state index contributed by atoms with van der Waals surface area (Å²) in [6, 6.07) is 0. The lowest BCUT2D eigenvalue weighted by Gasteiger charge is -2.10. The van der Waals surface area contributed by atoms with Gasteiger partial charge in [-0.15, -0.1) is 0 Å². The first-order valence-electron chi connectivity index (χ1n) is 6.98. The number of aromatic nitrogens is 2. The van der Waals surface area contributed by atoms with E-state index in [1.807, 2.05) is 0 Å². The van der Waals surface area contributed by atoms with Gasteiger partial charge in [-0.05, 0) is 12.3 Å². The second-order valence-electron chi connectivity index (χ2n) is 5.27.